The van der Waals surface area contributed by atoms with Crippen LogP contribution in [0.15, 0.2) is 54.6 Å². The first-order valence-electron chi connectivity index (χ1n) is 8.51. The minimum absolute atomic E-state index is 0.248. The second-order valence-electron chi connectivity index (χ2n) is 5.98. The number of nitrogens with one attached hydrogen (secondary N) is 2. The molecule has 2 aromatic carbocycles. The predicted molar refractivity (Wildman–Crippen MR) is 102 cm³/mol. The van der Waals surface area contributed by atoms with Gasteiger partial charge in [-0.3, -0.25) is 4.79 Å². The van der Waals surface area contributed by atoms with E-state index in [2.05, 4.69) is 22.5 Å². The van der Waals surface area contributed by atoms with Gasteiger partial charge < -0.3 is 20.8 Å². The van der Waals surface area contributed by atoms with E-state index in [9.17, 15) is 14.7 Å². The smallest absolute Gasteiger partial charge is 0.315 e. The maximum absolute atomic E-state index is 11.9. The van der Waals surface area contributed by atoms with Gasteiger partial charge in [0.1, 0.15) is 12.6 Å². The average molecular weight is 366 g/mol. The highest BCUT2D eigenvalue weighted by molar-refractivity contribution is 5.89. The number of carbonyl (C=O) groups excluding carboxylic acids is 2. The standard InChI is InChI=1S/C21H22N2O4/c1-15(25)20(19(26)14-24)23-21(27)22-13-18-11-9-17(10-12-18)8-7-16-5-3-2-4-6-16/h2-6,9-12,15,20,24-25H,13-14H2,1H3,(H2,22,23,27)/t15-,20+/m1/s1. The Balaban J connectivity index is 1.88. The summed E-state index contributed by atoms with van der Waals surface area (Å²) in [6.45, 7) is 0.868. The van der Waals surface area contributed by atoms with Crippen LogP contribution in [0, 0.1) is 11.8 Å². The SMILES string of the molecule is C[C@@H](O)[C@H](NC(=O)NCc1ccc(C#Cc2ccccc2)cc1)C(=O)CO. The topological polar surface area (TPSA) is 98.7 Å². The molecular weight excluding hydrogens is 344 g/mol. The summed E-state index contributed by atoms with van der Waals surface area (Å²) >= 11 is 0. The summed E-state index contributed by atoms with van der Waals surface area (Å²) < 4.78 is 0. The Hall–Kier alpha value is -3.14. The molecule has 140 valence electrons. The van der Waals surface area contributed by atoms with E-state index in [1.807, 2.05) is 54.6 Å². The van der Waals surface area contributed by atoms with Crippen LogP contribution in [-0.4, -0.2) is 40.8 Å². The number of aliphatic hydroxyl groups excluding tert-OH is 2. The number of amides is 2. The fourth-order valence-corrected chi connectivity index (χ4v) is 2.31. The molecule has 2 amide bonds. The fourth-order valence-electron chi connectivity index (χ4n) is 2.31. The lowest BCUT2D eigenvalue weighted by Gasteiger charge is -2.19. The van der Waals surface area contributed by atoms with Crippen molar-refractivity contribution in [2.75, 3.05) is 6.61 Å². The Kier molecular flexibility index (Phi) is 7.56. The third kappa shape index (κ3) is 6.59. The van der Waals surface area contributed by atoms with Crippen molar-refractivity contribution < 1.29 is 19.8 Å². The molecule has 0 spiro atoms. The molecule has 4 N–H and O–H groups in total. The second-order valence-corrected chi connectivity index (χ2v) is 5.98. The number of Topliss-reactive ketones (excluding diaryl/α,β-unsaturated/α-hetero) is 1. The molecule has 0 saturated heterocycles. The van der Waals surface area contributed by atoms with Crippen LogP contribution in [0.3, 0.4) is 0 Å². The third-order valence-electron chi connectivity index (χ3n) is 3.80. The van der Waals surface area contributed by atoms with Gasteiger partial charge in [0.25, 0.3) is 0 Å². The van der Waals surface area contributed by atoms with E-state index in [1.165, 1.54) is 6.92 Å². The van der Waals surface area contributed by atoms with Crippen LogP contribution < -0.4 is 10.6 Å². The lowest BCUT2D eigenvalue weighted by atomic mass is 10.1. The monoisotopic (exact) mass is 366 g/mol. The quantitative estimate of drug-likeness (QED) is 0.577. The summed E-state index contributed by atoms with van der Waals surface area (Å²) in [5.41, 5.74) is 2.65. The van der Waals surface area contributed by atoms with Crippen LogP contribution in [0.4, 0.5) is 4.79 Å². The molecular formula is C21H22N2O4. The molecule has 27 heavy (non-hydrogen) atoms. The van der Waals surface area contributed by atoms with Crippen molar-refractivity contribution in [3.8, 4) is 11.8 Å². The first-order chi connectivity index (χ1) is 13.0. The van der Waals surface area contributed by atoms with Crippen molar-refractivity contribution in [2.45, 2.75) is 25.6 Å². The van der Waals surface area contributed by atoms with E-state index in [1.54, 1.807) is 0 Å². The zero-order valence-electron chi connectivity index (χ0n) is 15.0. The molecule has 0 aliphatic heterocycles. The molecule has 2 aromatic rings. The summed E-state index contributed by atoms with van der Waals surface area (Å²) in [4.78, 5) is 23.4. The maximum atomic E-state index is 11.9. The zero-order valence-corrected chi connectivity index (χ0v) is 15.0. The Morgan fingerprint density at radius 3 is 2.15 bits per heavy atom. The van der Waals surface area contributed by atoms with Crippen molar-refractivity contribution in [1.29, 1.82) is 0 Å². The summed E-state index contributed by atoms with van der Waals surface area (Å²) in [5.74, 6) is 5.49. The number of rotatable bonds is 6. The Morgan fingerprint density at radius 2 is 1.59 bits per heavy atom. The van der Waals surface area contributed by atoms with Crippen molar-refractivity contribution in [2.24, 2.45) is 0 Å². The summed E-state index contributed by atoms with van der Waals surface area (Å²) in [7, 11) is 0. The molecule has 0 radical (unpaired) electrons. The molecule has 2 atom stereocenters. The number of ketones is 1. The van der Waals surface area contributed by atoms with E-state index in [4.69, 9.17) is 5.11 Å². The highest BCUT2D eigenvalue weighted by Gasteiger charge is 2.24. The maximum Gasteiger partial charge on any atom is 0.315 e. The van der Waals surface area contributed by atoms with Crippen molar-refractivity contribution in [3.05, 3.63) is 71.3 Å². The highest BCUT2D eigenvalue weighted by Crippen LogP contribution is 2.04. The van der Waals surface area contributed by atoms with Gasteiger partial charge in [0.15, 0.2) is 5.78 Å². The van der Waals surface area contributed by atoms with Gasteiger partial charge in [0, 0.05) is 17.7 Å². The van der Waals surface area contributed by atoms with Crippen molar-refractivity contribution in [1.82, 2.24) is 10.6 Å². The molecule has 0 aliphatic carbocycles. The lowest BCUT2D eigenvalue weighted by molar-refractivity contribution is -0.125. The Bertz CT molecular complexity index is 821. The van der Waals surface area contributed by atoms with Gasteiger partial charge in [0.2, 0.25) is 0 Å². The zero-order chi connectivity index (χ0) is 19.6. The molecule has 0 fully saturated rings. The van der Waals surface area contributed by atoms with Crippen LogP contribution in [0.1, 0.15) is 23.6 Å². The van der Waals surface area contributed by atoms with E-state index in [0.29, 0.717) is 0 Å². The molecule has 0 saturated carbocycles. The average Bonchev–Trinajstić information content (AvgIpc) is 2.69. The second kappa shape index (κ2) is 10.1. The van der Waals surface area contributed by atoms with Crippen LogP contribution in [-0.2, 0) is 11.3 Å². The van der Waals surface area contributed by atoms with E-state index >= 15 is 0 Å². The fraction of sp³-hybridized carbons (Fsp3) is 0.238. The summed E-state index contributed by atoms with van der Waals surface area (Å²) in [5, 5.41) is 23.4. The van der Waals surface area contributed by atoms with Gasteiger partial charge in [-0.1, -0.05) is 42.2 Å². The molecule has 0 aliphatic rings. The molecule has 0 unspecified atom stereocenters. The van der Waals surface area contributed by atoms with Gasteiger partial charge in [-0.05, 0) is 36.8 Å². The number of hydrogen-bond donors (Lipinski definition) is 4. The van der Waals surface area contributed by atoms with Gasteiger partial charge in [0.05, 0.1) is 6.10 Å². The third-order valence-corrected chi connectivity index (χ3v) is 3.80. The summed E-state index contributed by atoms with van der Waals surface area (Å²) in [6.07, 6.45) is -1.10. The normalized spacial score (nSPS) is 12.3. The Labute approximate surface area is 158 Å². The Morgan fingerprint density at radius 1 is 1.00 bits per heavy atom. The van der Waals surface area contributed by atoms with Crippen molar-refractivity contribution >= 4 is 11.8 Å². The summed E-state index contributed by atoms with van der Waals surface area (Å²) in [6, 6.07) is 15.3. The minimum Gasteiger partial charge on any atom is -0.391 e. The first-order valence-corrected chi connectivity index (χ1v) is 8.51. The predicted octanol–water partition coefficient (Wildman–Crippen LogP) is 1.20. The number of urea groups is 1. The van der Waals surface area contributed by atoms with Gasteiger partial charge in [-0.25, -0.2) is 4.79 Å². The first kappa shape index (κ1) is 20.2. The van der Waals surface area contributed by atoms with E-state index < -0.39 is 30.6 Å². The molecule has 6 heteroatoms. The van der Waals surface area contributed by atoms with Gasteiger partial charge >= 0.3 is 6.03 Å². The highest BCUT2D eigenvalue weighted by atomic mass is 16.3. The number of hydrogen-bond acceptors (Lipinski definition) is 4. The number of benzene rings is 2. The molecule has 0 aromatic heterocycles. The van der Waals surface area contributed by atoms with Gasteiger partial charge in [-0.2, -0.15) is 0 Å². The molecule has 0 bridgehead atoms. The molecule has 0 heterocycles. The van der Waals surface area contributed by atoms with Crippen molar-refractivity contribution in [3.63, 3.8) is 0 Å². The van der Waals surface area contributed by atoms with Crippen LogP contribution in [0.25, 0.3) is 0 Å². The van der Waals surface area contributed by atoms with E-state index in [-0.39, 0.29) is 6.54 Å². The molecule has 6 nitrogen and oxygen atoms in total. The van der Waals surface area contributed by atoms with Crippen LogP contribution >= 0.6 is 0 Å². The minimum atomic E-state index is -1.15. The number of carbonyl (C=O) groups is 2. The van der Waals surface area contributed by atoms with E-state index in [0.717, 1.165) is 16.7 Å². The largest absolute Gasteiger partial charge is 0.391 e. The van der Waals surface area contributed by atoms with Crippen LogP contribution in [0.2, 0.25) is 0 Å². The van der Waals surface area contributed by atoms with Gasteiger partial charge in [-0.15, -0.1) is 0 Å². The number of aliphatic hydroxyl groups is 2. The lowest BCUT2D eigenvalue weighted by Crippen LogP contribution is -2.51. The molecule has 2 rings (SSSR count). The van der Waals surface area contributed by atoms with Crippen LogP contribution in [0.5, 0.6) is 0 Å².